The fourth-order valence-electron chi connectivity index (χ4n) is 3.74. The molecule has 3 atom stereocenters. The predicted molar refractivity (Wildman–Crippen MR) is 102 cm³/mol. The number of nitrogens with zero attached hydrogens (tertiary/aromatic N) is 3. The number of carbonyl (C=O) groups is 1. The minimum Gasteiger partial charge on any atom is -0.360 e. The van der Waals surface area contributed by atoms with Crippen LogP contribution in [0.25, 0.3) is 0 Å². The summed E-state index contributed by atoms with van der Waals surface area (Å²) in [5.74, 6) is 1.24. The lowest BCUT2D eigenvalue weighted by atomic mass is 10.0. The molecular weight excluding hydrogens is 350 g/mol. The van der Waals surface area contributed by atoms with Crippen LogP contribution < -0.4 is 10.6 Å². The standard InChI is InChI=1S/C18H29N5O2S/c1-12-11-22(8-6-19-12)26-23-7-5-15(9-13(23)2)20-18(24)16-10-17(25-21-16)14-3-4-14/h10,12-15,19H,3-9,11H2,1-2H3,(H,20,24). The van der Waals surface area contributed by atoms with Crippen molar-refractivity contribution in [2.75, 3.05) is 26.2 Å². The molecule has 2 N–H and O–H groups in total. The Bertz CT molecular complexity index is 635. The summed E-state index contributed by atoms with van der Waals surface area (Å²) < 4.78 is 10.2. The molecule has 0 bridgehead atoms. The van der Waals surface area contributed by atoms with E-state index < -0.39 is 0 Å². The zero-order valence-electron chi connectivity index (χ0n) is 15.6. The number of carbonyl (C=O) groups excluding carboxylic acids is 1. The highest BCUT2D eigenvalue weighted by molar-refractivity contribution is 7.94. The quantitative estimate of drug-likeness (QED) is 0.758. The highest BCUT2D eigenvalue weighted by Gasteiger charge is 2.31. The summed E-state index contributed by atoms with van der Waals surface area (Å²) in [6, 6.07) is 3.00. The van der Waals surface area contributed by atoms with Gasteiger partial charge in [0, 0.05) is 68.4 Å². The average Bonchev–Trinajstić information content (AvgIpc) is 3.34. The summed E-state index contributed by atoms with van der Waals surface area (Å²) >= 11 is 1.87. The summed E-state index contributed by atoms with van der Waals surface area (Å²) in [4.78, 5) is 12.4. The van der Waals surface area contributed by atoms with Crippen LogP contribution in [-0.4, -0.2) is 64.0 Å². The minimum atomic E-state index is -0.102. The summed E-state index contributed by atoms with van der Waals surface area (Å²) in [5, 5.41) is 10.6. The van der Waals surface area contributed by atoms with Crippen molar-refractivity contribution in [3.63, 3.8) is 0 Å². The average molecular weight is 380 g/mol. The molecule has 3 heterocycles. The van der Waals surface area contributed by atoms with Crippen molar-refractivity contribution in [2.24, 2.45) is 0 Å². The van der Waals surface area contributed by atoms with E-state index in [1.165, 1.54) is 0 Å². The van der Waals surface area contributed by atoms with Crippen LogP contribution in [0, 0.1) is 0 Å². The van der Waals surface area contributed by atoms with Crippen LogP contribution in [0.5, 0.6) is 0 Å². The van der Waals surface area contributed by atoms with Crippen molar-refractivity contribution < 1.29 is 9.32 Å². The zero-order valence-corrected chi connectivity index (χ0v) is 16.4. The Kier molecular flexibility index (Phi) is 5.54. The first kappa shape index (κ1) is 18.3. The van der Waals surface area contributed by atoms with E-state index >= 15 is 0 Å². The number of aromatic nitrogens is 1. The maximum absolute atomic E-state index is 12.4. The van der Waals surface area contributed by atoms with Crippen LogP contribution in [0.2, 0.25) is 0 Å². The van der Waals surface area contributed by atoms with Crippen molar-refractivity contribution in [3.8, 4) is 0 Å². The highest BCUT2D eigenvalue weighted by Crippen LogP contribution is 2.40. The number of hydrogen-bond donors (Lipinski definition) is 2. The number of piperidine rings is 1. The Morgan fingerprint density at radius 2 is 2.19 bits per heavy atom. The van der Waals surface area contributed by atoms with Gasteiger partial charge in [-0.2, -0.15) is 0 Å². The fraction of sp³-hybridized carbons (Fsp3) is 0.778. The summed E-state index contributed by atoms with van der Waals surface area (Å²) in [6.45, 7) is 8.67. The van der Waals surface area contributed by atoms with Gasteiger partial charge in [0.15, 0.2) is 5.69 Å². The largest absolute Gasteiger partial charge is 0.360 e. The lowest BCUT2D eigenvalue weighted by molar-refractivity contribution is 0.0906. The summed E-state index contributed by atoms with van der Waals surface area (Å²) in [5.41, 5.74) is 0.422. The topological polar surface area (TPSA) is 73.6 Å². The SMILES string of the molecule is CC1CN(SN2CCC(NC(=O)c3cc(C4CC4)on3)CC2C)CCN1. The van der Waals surface area contributed by atoms with Gasteiger partial charge in [0.05, 0.1) is 0 Å². The third-order valence-corrected chi connectivity index (χ3v) is 6.76. The molecule has 3 fully saturated rings. The van der Waals surface area contributed by atoms with E-state index in [0.29, 0.717) is 23.7 Å². The summed E-state index contributed by atoms with van der Waals surface area (Å²) in [7, 11) is 0. The Labute approximate surface area is 159 Å². The fourth-order valence-corrected chi connectivity index (χ4v) is 4.93. The molecule has 4 rings (SSSR count). The summed E-state index contributed by atoms with van der Waals surface area (Å²) in [6.07, 6.45) is 4.23. The molecule has 144 valence electrons. The van der Waals surface area contributed by atoms with Gasteiger partial charge in [-0.05, 0) is 39.5 Å². The van der Waals surface area contributed by atoms with Crippen molar-refractivity contribution in [2.45, 2.75) is 63.6 Å². The second kappa shape index (κ2) is 7.88. The second-order valence-electron chi connectivity index (χ2n) is 7.90. The Hall–Kier alpha value is -1.09. The first-order valence-corrected chi connectivity index (χ1v) is 10.5. The molecule has 1 saturated carbocycles. The molecule has 8 heteroatoms. The first-order chi connectivity index (χ1) is 12.6. The van der Waals surface area contributed by atoms with Gasteiger partial charge in [0.25, 0.3) is 5.91 Å². The van der Waals surface area contributed by atoms with Crippen molar-refractivity contribution in [3.05, 3.63) is 17.5 Å². The second-order valence-corrected chi connectivity index (χ2v) is 9.05. The predicted octanol–water partition coefficient (Wildman–Crippen LogP) is 1.99. The lowest BCUT2D eigenvalue weighted by Gasteiger charge is -2.40. The van der Waals surface area contributed by atoms with Gasteiger partial charge in [-0.3, -0.25) is 4.79 Å². The van der Waals surface area contributed by atoms with Crippen LogP contribution in [-0.2, 0) is 0 Å². The molecule has 0 spiro atoms. The van der Waals surface area contributed by atoms with Gasteiger partial charge >= 0.3 is 0 Å². The molecule has 1 amide bonds. The van der Waals surface area contributed by atoms with Gasteiger partial charge in [-0.15, -0.1) is 0 Å². The molecule has 0 radical (unpaired) electrons. The van der Waals surface area contributed by atoms with E-state index in [1.807, 2.05) is 18.2 Å². The van der Waals surface area contributed by atoms with Crippen LogP contribution in [0.15, 0.2) is 10.6 Å². The van der Waals surface area contributed by atoms with Crippen molar-refractivity contribution >= 4 is 18.0 Å². The number of hydrogen-bond acceptors (Lipinski definition) is 7. The maximum atomic E-state index is 12.4. The zero-order chi connectivity index (χ0) is 18.1. The minimum absolute atomic E-state index is 0.102. The molecule has 2 aliphatic heterocycles. The van der Waals surface area contributed by atoms with Crippen LogP contribution in [0.3, 0.4) is 0 Å². The molecular formula is C18H29N5O2S. The van der Waals surface area contributed by atoms with E-state index in [4.69, 9.17) is 4.52 Å². The van der Waals surface area contributed by atoms with Crippen LogP contribution in [0.4, 0.5) is 0 Å². The third-order valence-electron chi connectivity index (χ3n) is 5.44. The third kappa shape index (κ3) is 4.42. The Morgan fingerprint density at radius 3 is 2.92 bits per heavy atom. The smallest absolute Gasteiger partial charge is 0.273 e. The Morgan fingerprint density at radius 1 is 1.35 bits per heavy atom. The molecule has 26 heavy (non-hydrogen) atoms. The number of rotatable bonds is 5. The molecule has 1 aromatic heterocycles. The Balaban J connectivity index is 1.25. The van der Waals surface area contributed by atoms with Gasteiger partial charge in [0.2, 0.25) is 0 Å². The molecule has 3 aliphatic rings. The van der Waals surface area contributed by atoms with Crippen molar-refractivity contribution in [1.82, 2.24) is 24.4 Å². The molecule has 3 unspecified atom stereocenters. The lowest BCUT2D eigenvalue weighted by Crippen LogP contribution is -2.50. The number of nitrogens with one attached hydrogen (secondary N) is 2. The number of amides is 1. The molecule has 7 nitrogen and oxygen atoms in total. The van der Waals surface area contributed by atoms with Crippen molar-refractivity contribution in [1.29, 1.82) is 0 Å². The van der Waals surface area contributed by atoms with E-state index in [0.717, 1.165) is 57.6 Å². The van der Waals surface area contributed by atoms with Gasteiger partial charge in [0.1, 0.15) is 5.76 Å². The first-order valence-electron chi connectivity index (χ1n) is 9.79. The molecule has 1 aromatic rings. The van der Waals surface area contributed by atoms with Crippen LogP contribution in [0.1, 0.15) is 61.7 Å². The highest BCUT2D eigenvalue weighted by atomic mass is 32.2. The maximum Gasteiger partial charge on any atom is 0.273 e. The van der Waals surface area contributed by atoms with E-state index in [9.17, 15) is 4.79 Å². The van der Waals surface area contributed by atoms with E-state index in [1.54, 1.807) is 0 Å². The monoisotopic (exact) mass is 379 g/mol. The van der Waals surface area contributed by atoms with E-state index in [-0.39, 0.29) is 11.9 Å². The normalized spacial score (nSPS) is 31.1. The van der Waals surface area contributed by atoms with Gasteiger partial charge < -0.3 is 15.2 Å². The molecule has 0 aromatic carbocycles. The van der Waals surface area contributed by atoms with Crippen LogP contribution >= 0.6 is 12.1 Å². The molecule has 1 aliphatic carbocycles. The van der Waals surface area contributed by atoms with Gasteiger partial charge in [-0.25, -0.2) is 8.61 Å². The molecule has 2 saturated heterocycles. The number of piperazine rings is 1. The van der Waals surface area contributed by atoms with E-state index in [2.05, 4.69) is 38.2 Å². The van der Waals surface area contributed by atoms with Gasteiger partial charge in [-0.1, -0.05) is 5.16 Å².